The molecule has 2 aliphatic rings. The molecular formula is C22H27N3O3S. The fourth-order valence-corrected chi connectivity index (χ4v) is 5.02. The third-order valence-electron chi connectivity index (χ3n) is 5.78. The number of carbonyl (C=O) groups is 1. The predicted octanol–water partition coefficient (Wildman–Crippen LogP) is 2.74. The Bertz CT molecular complexity index is 1010. The summed E-state index contributed by atoms with van der Waals surface area (Å²) < 4.78 is 25.9. The molecule has 0 atom stereocenters. The molecule has 0 saturated carbocycles. The van der Waals surface area contributed by atoms with Crippen molar-refractivity contribution in [2.75, 3.05) is 38.6 Å². The van der Waals surface area contributed by atoms with Crippen molar-refractivity contribution in [1.29, 1.82) is 0 Å². The molecule has 1 amide bonds. The van der Waals surface area contributed by atoms with Crippen molar-refractivity contribution in [2.45, 2.75) is 30.7 Å². The van der Waals surface area contributed by atoms with Crippen molar-refractivity contribution >= 4 is 21.6 Å². The molecular weight excluding hydrogens is 386 g/mol. The van der Waals surface area contributed by atoms with Crippen LogP contribution in [0.4, 0.5) is 5.69 Å². The van der Waals surface area contributed by atoms with E-state index in [1.165, 1.54) is 36.8 Å². The minimum absolute atomic E-state index is 0.0420. The van der Waals surface area contributed by atoms with Gasteiger partial charge in [0.1, 0.15) is 0 Å². The summed E-state index contributed by atoms with van der Waals surface area (Å²) in [7, 11) is -0.438. The van der Waals surface area contributed by atoms with Gasteiger partial charge in [-0.05, 0) is 73.8 Å². The van der Waals surface area contributed by atoms with Gasteiger partial charge in [-0.1, -0.05) is 12.1 Å². The summed E-state index contributed by atoms with van der Waals surface area (Å²) in [6, 6.07) is 12.9. The van der Waals surface area contributed by atoms with Crippen molar-refractivity contribution in [3.63, 3.8) is 0 Å². The minimum Gasteiger partial charge on any atom is -0.308 e. The fourth-order valence-electron chi connectivity index (χ4n) is 4.07. The first kappa shape index (κ1) is 20.1. The molecule has 0 N–H and O–H groups in total. The van der Waals surface area contributed by atoms with E-state index in [4.69, 9.17) is 0 Å². The van der Waals surface area contributed by atoms with E-state index in [2.05, 4.69) is 4.90 Å². The van der Waals surface area contributed by atoms with Crippen LogP contribution in [0.5, 0.6) is 0 Å². The summed E-state index contributed by atoms with van der Waals surface area (Å²) in [5.74, 6) is -0.0420. The van der Waals surface area contributed by atoms with Gasteiger partial charge < -0.3 is 4.90 Å². The largest absolute Gasteiger partial charge is 0.308 e. The number of fused-ring (bicyclic) bond motifs is 1. The molecule has 0 radical (unpaired) electrons. The molecule has 4 rings (SSSR count). The van der Waals surface area contributed by atoms with Gasteiger partial charge in [0.2, 0.25) is 10.0 Å². The maximum absolute atomic E-state index is 13.0. The number of nitrogens with zero attached hydrogens (tertiary/aromatic N) is 3. The highest BCUT2D eigenvalue weighted by Crippen LogP contribution is 2.32. The molecule has 29 heavy (non-hydrogen) atoms. The van der Waals surface area contributed by atoms with Crippen LogP contribution in [0.1, 0.15) is 34.3 Å². The van der Waals surface area contributed by atoms with E-state index in [1.54, 1.807) is 23.1 Å². The Morgan fingerprint density at radius 3 is 2.34 bits per heavy atom. The number of hydrogen-bond donors (Lipinski definition) is 0. The van der Waals surface area contributed by atoms with Crippen molar-refractivity contribution in [3.8, 4) is 0 Å². The molecule has 2 aromatic carbocycles. The number of anilines is 1. The first-order valence-electron chi connectivity index (χ1n) is 10.0. The van der Waals surface area contributed by atoms with Crippen LogP contribution in [0.25, 0.3) is 0 Å². The zero-order valence-electron chi connectivity index (χ0n) is 17.0. The highest BCUT2D eigenvalue weighted by Gasteiger charge is 2.28. The maximum Gasteiger partial charge on any atom is 0.258 e. The molecule has 2 aromatic rings. The van der Waals surface area contributed by atoms with E-state index < -0.39 is 10.0 Å². The monoisotopic (exact) mass is 413 g/mol. The second-order valence-electron chi connectivity index (χ2n) is 7.96. The van der Waals surface area contributed by atoms with E-state index in [9.17, 15) is 13.2 Å². The van der Waals surface area contributed by atoms with Crippen molar-refractivity contribution in [1.82, 2.24) is 9.21 Å². The average Bonchev–Trinajstić information content (AvgIpc) is 3.37. The van der Waals surface area contributed by atoms with E-state index in [1.807, 2.05) is 24.3 Å². The Labute approximate surface area is 172 Å². The quantitative estimate of drug-likeness (QED) is 0.756. The molecule has 2 aliphatic heterocycles. The highest BCUT2D eigenvalue weighted by molar-refractivity contribution is 7.89. The smallest absolute Gasteiger partial charge is 0.258 e. The highest BCUT2D eigenvalue weighted by atomic mass is 32.2. The van der Waals surface area contributed by atoms with Gasteiger partial charge in [0.15, 0.2) is 0 Å². The zero-order valence-corrected chi connectivity index (χ0v) is 17.8. The molecule has 0 spiro atoms. The second kappa shape index (κ2) is 7.89. The lowest BCUT2D eigenvalue weighted by Crippen LogP contribution is -2.29. The maximum atomic E-state index is 13.0. The number of carbonyl (C=O) groups excluding carboxylic acids is 1. The summed E-state index contributed by atoms with van der Waals surface area (Å²) in [5.41, 5.74) is 3.58. The van der Waals surface area contributed by atoms with Gasteiger partial charge in [-0.25, -0.2) is 12.7 Å². The van der Waals surface area contributed by atoms with Gasteiger partial charge in [-0.15, -0.1) is 0 Å². The van der Waals surface area contributed by atoms with Crippen molar-refractivity contribution < 1.29 is 13.2 Å². The molecule has 6 nitrogen and oxygen atoms in total. The summed E-state index contributed by atoms with van der Waals surface area (Å²) in [4.78, 5) is 17.5. The van der Waals surface area contributed by atoms with E-state index in [0.29, 0.717) is 18.5 Å². The molecule has 0 aliphatic carbocycles. The van der Waals surface area contributed by atoms with Gasteiger partial charge in [0, 0.05) is 38.4 Å². The normalized spacial score (nSPS) is 17.1. The Kier molecular flexibility index (Phi) is 5.46. The van der Waals surface area contributed by atoms with E-state index in [-0.39, 0.29) is 10.8 Å². The van der Waals surface area contributed by atoms with Crippen LogP contribution in [0.3, 0.4) is 0 Å². The molecule has 7 heteroatoms. The standard InChI is InChI=1S/C22H27N3O3S/c1-23(2)29(27,28)20-9-10-21-19(15-20)11-14-25(21)22(26)18-7-5-17(6-8-18)16-24-12-3-4-13-24/h5-10,15H,3-4,11-14,16H2,1-2H3. The molecule has 0 unspecified atom stereocenters. The number of hydrogen-bond acceptors (Lipinski definition) is 4. The average molecular weight is 414 g/mol. The van der Waals surface area contributed by atoms with Crippen LogP contribution in [0.15, 0.2) is 47.4 Å². The van der Waals surface area contributed by atoms with Crippen LogP contribution >= 0.6 is 0 Å². The number of likely N-dealkylation sites (tertiary alicyclic amines) is 1. The van der Waals surface area contributed by atoms with E-state index in [0.717, 1.165) is 30.9 Å². The summed E-state index contributed by atoms with van der Waals surface area (Å²) in [6.45, 7) is 3.80. The number of sulfonamides is 1. The van der Waals surface area contributed by atoms with E-state index >= 15 is 0 Å². The lowest BCUT2D eigenvalue weighted by molar-refractivity contribution is 0.0989. The van der Waals surface area contributed by atoms with Gasteiger partial charge in [0.05, 0.1) is 4.90 Å². The minimum atomic E-state index is -3.48. The second-order valence-corrected chi connectivity index (χ2v) is 10.1. The van der Waals surface area contributed by atoms with Crippen LogP contribution in [0, 0.1) is 0 Å². The summed E-state index contributed by atoms with van der Waals surface area (Å²) >= 11 is 0. The summed E-state index contributed by atoms with van der Waals surface area (Å²) in [5, 5.41) is 0. The molecule has 1 saturated heterocycles. The first-order chi connectivity index (χ1) is 13.9. The molecule has 2 heterocycles. The lowest BCUT2D eigenvalue weighted by atomic mass is 10.1. The summed E-state index contributed by atoms with van der Waals surface area (Å²) in [6.07, 6.45) is 3.19. The molecule has 0 aromatic heterocycles. The van der Waals surface area contributed by atoms with Crippen LogP contribution < -0.4 is 4.90 Å². The Morgan fingerprint density at radius 2 is 1.69 bits per heavy atom. The molecule has 154 valence electrons. The Morgan fingerprint density at radius 1 is 1.00 bits per heavy atom. The van der Waals surface area contributed by atoms with Gasteiger partial charge in [-0.2, -0.15) is 0 Å². The topological polar surface area (TPSA) is 60.9 Å². The van der Waals surface area contributed by atoms with Crippen LogP contribution in [-0.2, 0) is 23.0 Å². The third-order valence-corrected chi connectivity index (χ3v) is 7.59. The lowest BCUT2D eigenvalue weighted by Gasteiger charge is -2.19. The van der Waals surface area contributed by atoms with Crippen LogP contribution in [-0.4, -0.2) is 57.3 Å². The fraction of sp³-hybridized carbons (Fsp3) is 0.409. The first-order valence-corrected chi connectivity index (χ1v) is 11.5. The van der Waals surface area contributed by atoms with Gasteiger partial charge in [0.25, 0.3) is 5.91 Å². The third kappa shape index (κ3) is 3.95. The van der Waals surface area contributed by atoms with Crippen LogP contribution in [0.2, 0.25) is 0 Å². The zero-order chi connectivity index (χ0) is 20.6. The van der Waals surface area contributed by atoms with Crippen molar-refractivity contribution in [2.24, 2.45) is 0 Å². The number of amides is 1. The predicted molar refractivity (Wildman–Crippen MR) is 114 cm³/mol. The molecule has 0 bridgehead atoms. The van der Waals surface area contributed by atoms with Gasteiger partial charge in [-0.3, -0.25) is 9.69 Å². The Hall–Kier alpha value is -2.22. The SMILES string of the molecule is CN(C)S(=O)(=O)c1ccc2c(c1)CCN2C(=O)c1ccc(CN2CCCC2)cc1. The number of benzene rings is 2. The number of rotatable bonds is 5. The molecule has 1 fully saturated rings. The Balaban J connectivity index is 1.51. The van der Waals surface area contributed by atoms with Gasteiger partial charge >= 0.3 is 0 Å². The van der Waals surface area contributed by atoms with Crippen molar-refractivity contribution in [3.05, 3.63) is 59.2 Å².